The third-order valence-corrected chi connectivity index (χ3v) is 16.4. The predicted molar refractivity (Wildman–Crippen MR) is 320 cm³/mol. The maximum absolute atomic E-state index is 13.0. The van der Waals surface area contributed by atoms with E-state index in [-0.39, 0.29) is 0 Å². The molecule has 16 aromatic rings. The zero-order valence-electron chi connectivity index (χ0n) is 42.9. The van der Waals surface area contributed by atoms with Crippen molar-refractivity contribution in [3.63, 3.8) is 0 Å². The molecule has 0 saturated heterocycles. The zero-order chi connectivity index (χ0) is 51.4. The van der Waals surface area contributed by atoms with Crippen LogP contribution in [-0.2, 0) is 0 Å². The summed E-state index contributed by atoms with van der Waals surface area (Å²) in [5.74, 6) is 0. The molecule has 0 unspecified atom stereocenters. The number of para-hydroxylation sites is 5. The van der Waals surface area contributed by atoms with Gasteiger partial charge in [0.15, 0.2) is 0 Å². The molecule has 0 radical (unpaired) electrons. The van der Waals surface area contributed by atoms with Crippen molar-refractivity contribution in [3.8, 4) is 39.9 Å². The number of nitrogens with zero attached hydrogens (tertiary/aromatic N) is 5. The lowest BCUT2D eigenvalue weighted by molar-refractivity contribution is 0.669. The number of rotatable bonds is 5. The molecule has 6 heteroatoms. The average molecular weight is 986 g/mol. The summed E-state index contributed by atoms with van der Waals surface area (Å²) in [5, 5.41) is 24.0. The largest absolute Gasteiger partial charge is 0.456 e. The third-order valence-electron chi connectivity index (χ3n) is 16.4. The number of benzene rings is 11. The number of hydrogen-bond donors (Lipinski definition) is 0. The van der Waals surface area contributed by atoms with Crippen molar-refractivity contribution in [2.45, 2.75) is 27.7 Å². The predicted octanol–water partition coefficient (Wildman–Crippen LogP) is 18.7. The van der Waals surface area contributed by atoms with Gasteiger partial charge in [0.25, 0.3) is 0 Å². The van der Waals surface area contributed by atoms with Gasteiger partial charge in [-0.05, 0) is 116 Å². The van der Waals surface area contributed by atoms with Crippen molar-refractivity contribution in [3.05, 3.63) is 240 Å². The molecule has 0 amide bonds. The van der Waals surface area contributed by atoms with Crippen LogP contribution in [0.15, 0.2) is 217 Å². The molecule has 0 N–H and O–H groups in total. The molecule has 0 spiro atoms. The molecular formula is C71H47N5O. The quantitative estimate of drug-likeness (QED) is 0.173. The van der Waals surface area contributed by atoms with Crippen LogP contribution in [0, 0.1) is 39.0 Å². The van der Waals surface area contributed by atoms with Crippen LogP contribution in [0.2, 0.25) is 0 Å². The van der Waals surface area contributed by atoms with Gasteiger partial charge >= 0.3 is 0 Å². The number of fused-ring (bicyclic) bond motifs is 15. The summed E-state index contributed by atoms with van der Waals surface area (Å²) in [6.45, 7) is 8.69. The van der Waals surface area contributed by atoms with E-state index >= 15 is 0 Å². The Balaban J connectivity index is 1.31. The molecule has 0 aliphatic carbocycles. The molecule has 0 saturated carbocycles. The fourth-order valence-corrected chi connectivity index (χ4v) is 13.2. The monoisotopic (exact) mass is 985 g/mol. The van der Waals surface area contributed by atoms with E-state index < -0.39 is 0 Å². The van der Waals surface area contributed by atoms with E-state index in [1.54, 1.807) is 0 Å². The van der Waals surface area contributed by atoms with Gasteiger partial charge in [-0.1, -0.05) is 152 Å². The van der Waals surface area contributed by atoms with Crippen LogP contribution in [0.4, 0.5) is 0 Å². The maximum atomic E-state index is 13.0. The SMILES string of the molecule is Cc1ccc2c3ccccc3n(-c3c(C#N)c(-n4c5ccccc5c5ccc(C)cc54)c(-n4c5ccccc5c5ccc(C)cc54)c(-c4cccc5oc6ccccc6c45)c3-n3c4ccccc4c4ccc(C)cc43)c2c1. The number of hydrogen-bond acceptors (Lipinski definition) is 2. The van der Waals surface area contributed by atoms with Crippen LogP contribution in [0.5, 0.6) is 0 Å². The highest BCUT2D eigenvalue weighted by atomic mass is 16.3. The first kappa shape index (κ1) is 43.3. The Labute approximate surface area is 442 Å². The minimum Gasteiger partial charge on any atom is -0.456 e. The number of furan rings is 1. The summed E-state index contributed by atoms with van der Waals surface area (Å²) in [4.78, 5) is 0. The van der Waals surface area contributed by atoms with Gasteiger partial charge in [0, 0.05) is 59.4 Å². The van der Waals surface area contributed by atoms with Crippen LogP contribution in [0.3, 0.4) is 0 Å². The maximum Gasteiger partial charge on any atom is 0.136 e. The Bertz CT molecular complexity index is 5030. The third kappa shape index (κ3) is 5.94. The highest BCUT2D eigenvalue weighted by molar-refractivity contribution is 6.20. The molecule has 16 rings (SSSR count). The van der Waals surface area contributed by atoms with Crippen molar-refractivity contribution in [1.29, 1.82) is 5.26 Å². The van der Waals surface area contributed by atoms with Crippen LogP contribution in [-0.4, -0.2) is 18.3 Å². The molecule has 0 aliphatic rings. The Hall–Kier alpha value is -10.1. The molecule has 0 aliphatic heterocycles. The number of aromatic nitrogens is 4. The molecule has 0 bridgehead atoms. The van der Waals surface area contributed by atoms with Gasteiger partial charge in [-0.15, -0.1) is 0 Å². The van der Waals surface area contributed by atoms with Crippen molar-refractivity contribution in [1.82, 2.24) is 18.3 Å². The smallest absolute Gasteiger partial charge is 0.136 e. The second-order valence-corrected chi connectivity index (χ2v) is 21.0. The molecule has 0 fully saturated rings. The fourth-order valence-electron chi connectivity index (χ4n) is 13.2. The standard InChI is InChI=1S/C71H47N5O/c1-41-28-32-49-45-16-5-10-22-56(45)73(60(49)36-41)68-55(40-72)69(74-57-23-11-6-17-46(57)50-33-29-42(2)37-61(50)74)71(76-59-25-13-8-19-48(59)52-35-31-44(4)39-63(52)76)67(54-21-15-27-65-66(54)53-20-9-14-26-64(53)77-65)70(68)75-58-24-12-7-18-47(58)51-34-30-43(3)38-62(51)75/h5-39H,1-4H3. The summed E-state index contributed by atoms with van der Waals surface area (Å²) in [7, 11) is 0. The van der Waals surface area contributed by atoms with Gasteiger partial charge in [-0.25, -0.2) is 0 Å². The first-order chi connectivity index (χ1) is 37.8. The highest BCUT2D eigenvalue weighted by Crippen LogP contribution is 2.53. The lowest BCUT2D eigenvalue weighted by Gasteiger charge is -2.29. The van der Waals surface area contributed by atoms with Crippen LogP contribution < -0.4 is 0 Å². The van der Waals surface area contributed by atoms with Gasteiger partial charge in [-0.2, -0.15) is 5.26 Å². The van der Waals surface area contributed by atoms with Gasteiger partial charge in [-0.3, -0.25) is 0 Å². The molecule has 5 heterocycles. The molecular weight excluding hydrogens is 939 g/mol. The highest BCUT2D eigenvalue weighted by Gasteiger charge is 2.36. The lowest BCUT2D eigenvalue weighted by Crippen LogP contribution is -2.16. The van der Waals surface area contributed by atoms with Gasteiger partial charge < -0.3 is 22.7 Å². The van der Waals surface area contributed by atoms with Crippen LogP contribution in [0.1, 0.15) is 27.8 Å². The van der Waals surface area contributed by atoms with Gasteiger partial charge in [0.05, 0.1) is 66.9 Å². The minimum atomic E-state index is 0.536. The van der Waals surface area contributed by atoms with E-state index in [1.165, 1.54) is 0 Å². The van der Waals surface area contributed by atoms with E-state index in [0.717, 1.165) is 165 Å². The molecule has 5 aromatic heterocycles. The van der Waals surface area contributed by atoms with E-state index in [9.17, 15) is 5.26 Å². The molecule has 77 heavy (non-hydrogen) atoms. The molecule has 6 nitrogen and oxygen atoms in total. The normalized spacial score (nSPS) is 12.1. The summed E-state index contributed by atoms with van der Waals surface area (Å²) >= 11 is 0. The summed E-state index contributed by atoms with van der Waals surface area (Å²) < 4.78 is 16.7. The molecule has 0 atom stereocenters. The lowest BCUT2D eigenvalue weighted by atomic mass is 9.91. The van der Waals surface area contributed by atoms with Crippen LogP contribution >= 0.6 is 0 Å². The first-order valence-corrected chi connectivity index (χ1v) is 26.4. The fraction of sp³-hybridized carbons (Fsp3) is 0.0563. The zero-order valence-corrected chi connectivity index (χ0v) is 42.9. The van der Waals surface area contributed by atoms with E-state index in [4.69, 9.17) is 4.42 Å². The second kappa shape index (κ2) is 16.0. The molecule has 362 valence electrons. The Morgan fingerprint density at radius 3 is 1.03 bits per heavy atom. The van der Waals surface area contributed by atoms with Crippen molar-refractivity contribution < 1.29 is 4.42 Å². The topological polar surface area (TPSA) is 56.6 Å². The summed E-state index contributed by atoms with van der Waals surface area (Å²) in [6, 6.07) is 80.2. The minimum absolute atomic E-state index is 0.536. The number of nitriles is 1. The Kier molecular flexibility index (Phi) is 8.98. The molecule has 11 aromatic carbocycles. The Morgan fingerprint density at radius 2 is 0.636 bits per heavy atom. The van der Waals surface area contributed by atoms with E-state index in [0.29, 0.717) is 5.56 Å². The van der Waals surface area contributed by atoms with Crippen LogP contribution in [0.25, 0.3) is 143 Å². The Morgan fingerprint density at radius 1 is 0.312 bits per heavy atom. The van der Waals surface area contributed by atoms with E-state index in [1.807, 2.05) is 0 Å². The average Bonchev–Trinajstić information content (AvgIpc) is 4.47. The van der Waals surface area contributed by atoms with Crippen molar-refractivity contribution >= 4 is 109 Å². The summed E-state index contributed by atoms with van der Waals surface area (Å²) in [5.41, 5.74) is 20.1. The second-order valence-electron chi connectivity index (χ2n) is 21.0. The van der Waals surface area contributed by atoms with Crippen molar-refractivity contribution in [2.24, 2.45) is 0 Å². The van der Waals surface area contributed by atoms with Crippen molar-refractivity contribution in [2.75, 3.05) is 0 Å². The summed E-state index contributed by atoms with van der Waals surface area (Å²) in [6.07, 6.45) is 0. The van der Waals surface area contributed by atoms with E-state index in [2.05, 4.69) is 264 Å². The van der Waals surface area contributed by atoms with Gasteiger partial charge in [0.2, 0.25) is 0 Å². The van der Waals surface area contributed by atoms with Gasteiger partial charge in [0.1, 0.15) is 22.8 Å². The number of aryl methyl sites for hydroxylation is 4. The first-order valence-electron chi connectivity index (χ1n) is 26.4.